The van der Waals surface area contributed by atoms with Gasteiger partial charge in [-0.05, 0) is 49.6 Å². The molecule has 168 valence electrons. The summed E-state index contributed by atoms with van der Waals surface area (Å²) in [7, 11) is 0. The molecule has 0 amide bonds. The molecule has 2 aromatic heterocycles. The maximum atomic E-state index is 11.9. The molecule has 2 aliphatic rings. The van der Waals surface area contributed by atoms with Crippen LogP contribution in [0.15, 0.2) is 30.6 Å². The molecule has 0 bridgehead atoms. The first-order valence-corrected chi connectivity index (χ1v) is 11.0. The number of nitrogens with one attached hydrogen (secondary N) is 1. The van der Waals surface area contributed by atoms with Gasteiger partial charge in [-0.1, -0.05) is 6.07 Å². The summed E-state index contributed by atoms with van der Waals surface area (Å²) in [4.78, 5) is 20.1. The highest BCUT2D eigenvalue weighted by Gasteiger charge is 2.30. The first kappa shape index (κ1) is 21.2. The van der Waals surface area contributed by atoms with Crippen LogP contribution in [0.5, 0.6) is 0 Å². The van der Waals surface area contributed by atoms with Crippen molar-refractivity contribution in [1.29, 1.82) is 5.26 Å². The number of benzene rings is 1. The van der Waals surface area contributed by atoms with Gasteiger partial charge < -0.3 is 10.1 Å². The zero-order chi connectivity index (χ0) is 23.1. The number of fused-ring (bicyclic) bond motifs is 1. The van der Waals surface area contributed by atoms with Gasteiger partial charge in [-0.25, -0.2) is 9.78 Å². The quantitative estimate of drug-likeness (QED) is 0.612. The number of ether oxygens (including phenoxy) is 1. The molecule has 1 aromatic carbocycles. The third-order valence-electron chi connectivity index (χ3n) is 6.39. The Morgan fingerprint density at radius 3 is 2.91 bits per heavy atom. The van der Waals surface area contributed by atoms with Crippen LogP contribution < -0.4 is 5.32 Å². The highest BCUT2D eigenvalue weighted by Crippen LogP contribution is 2.31. The van der Waals surface area contributed by atoms with Crippen molar-refractivity contribution in [2.45, 2.75) is 46.0 Å². The van der Waals surface area contributed by atoms with E-state index in [1.54, 1.807) is 12.4 Å². The fourth-order valence-electron chi connectivity index (χ4n) is 4.71. The van der Waals surface area contributed by atoms with Crippen molar-refractivity contribution in [3.8, 4) is 11.9 Å². The molecule has 5 rings (SSSR count). The minimum atomic E-state index is -0.235. The lowest BCUT2D eigenvalue weighted by Crippen LogP contribution is -2.50. The molecule has 0 aliphatic carbocycles. The Labute approximate surface area is 192 Å². The van der Waals surface area contributed by atoms with Crippen molar-refractivity contribution in [3.63, 3.8) is 0 Å². The number of nitrogens with zero attached hydrogens (tertiary/aromatic N) is 6. The Balaban J connectivity index is 1.33. The largest absolute Gasteiger partial charge is 0.457 e. The molecule has 0 saturated carbocycles. The summed E-state index contributed by atoms with van der Waals surface area (Å²) in [5.74, 6) is 0.358. The SMILES string of the molecule is Cc1cc(-n2ncc(CN3C[C@@H](c4ccc5c(c4C)COC5=O)N[C@@H](C)C3)n2)ncc1C#N. The molecule has 0 spiro atoms. The van der Waals surface area contributed by atoms with Gasteiger partial charge in [-0.2, -0.15) is 15.5 Å². The van der Waals surface area contributed by atoms with Crippen LogP contribution in [-0.4, -0.2) is 50.0 Å². The van der Waals surface area contributed by atoms with Crippen molar-refractivity contribution >= 4 is 5.97 Å². The molecule has 9 heteroatoms. The number of pyridine rings is 1. The number of esters is 1. The van der Waals surface area contributed by atoms with Crippen LogP contribution in [0.1, 0.15) is 56.8 Å². The number of cyclic esters (lactones) is 1. The fraction of sp³-hybridized carbons (Fsp3) is 0.375. The van der Waals surface area contributed by atoms with Gasteiger partial charge in [0.1, 0.15) is 12.7 Å². The number of nitriles is 1. The zero-order valence-corrected chi connectivity index (χ0v) is 18.9. The maximum absolute atomic E-state index is 11.9. The van der Waals surface area contributed by atoms with E-state index in [1.807, 2.05) is 25.1 Å². The number of carbonyl (C=O) groups is 1. The standard InChI is InChI=1S/C24H25N7O2/c1-14-6-23(26-8-17(14)7-25)31-27-9-18(29-31)11-30-10-15(2)28-22(12-30)19-4-5-20-21(16(19)3)13-33-24(20)32/h4-6,8-9,15,22,28H,10-13H2,1-3H3/t15-,22-/m0/s1. The van der Waals surface area contributed by atoms with Gasteiger partial charge in [0, 0.05) is 43.5 Å². The van der Waals surface area contributed by atoms with Crippen LogP contribution in [0.3, 0.4) is 0 Å². The van der Waals surface area contributed by atoms with E-state index in [0.29, 0.717) is 36.1 Å². The minimum absolute atomic E-state index is 0.146. The van der Waals surface area contributed by atoms with Crippen LogP contribution in [-0.2, 0) is 17.9 Å². The molecule has 33 heavy (non-hydrogen) atoms. The number of hydrogen-bond donors (Lipinski definition) is 1. The molecule has 3 aromatic rings. The van der Waals surface area contributed by atoms with E-state index in [-0.39, 0.29) is 12.0 Å². The van der Waals surface area contributed by atoms with Gasteiger partial charge in [0.2, 0.25) is 0 Å². The van der Waals surface area contributed by atoms with E-state index in [4.69, 9.17) is 10.00 Å². The molecule has 2 aliphatic heterocycles. The summed E-state index contributed by atoms with van der Waals surface area (Å²) >= 11 is 0. The van der Waals surface area contributed by atoms with Crippen molar-refractivity contribution < 1.29 is 9.53 Å². The Kier molecular flexibility index (Phi) is 5.40. The second-order valence-corrected chi connectivity index (χ2v) is 8.79. The first-order valence-electron chi connectivity index (χ1n) is 11.0. The molecule has 0 radical (unpaired) electrons. The molecule has 1 saturated heterocycles. The summed E-state index contributed by atoms with van der Waals surface area (Å²) in [6.07, 6.45) is 3.31. The predicted molar refractivity (Wildman–Crippen MR) is 120 cm³/mol. The Bertz CT molecular complexity index is 1280. The van der Waals surface area contributed by atoms with Crippen molar-refractivity contribution in [2.75, 3.05) is 13.1 Å². The Hall–Kier alpha value is -3.61. The van der Waals surface area contributed by atoms with Gasteiger partial charge in [-0.3, -0.25) is 4.90 Å². The second kappa shape index (κ2) is 8.39. The average Bonchev–Trinajstić information content (AvgIpc) is 3.41. The molecular formula is C24H25N7O2. The average molecular weight is 444 g/mol. The number of piperazine rings is 1. The summed E-state index contributed by atoms with van der Waals surface area (Å²) in [6, 6.07) is 8.32. The normalized spacial score (nSPS) is 20.4. The van der Waals surface area contributed by atoms with Gasteiger partial charge in [0.25, 0.3) is 0 Å². The lowest BCUT2D eigenvalue weighted by molar-refractivity contribution is 0.0535. The third-order valence-corrected chi connectivity index (χ3v) is 6.39. The molecule has 1 fully saturated rings. The second-order valence-electron chi connectivity index (χ2n) is 8.79. The first-order chi connectivity index (χ1) is 15.9. The van der Waals surface area contributed by atoms with Crippen molar-refractivity contribution in [3.05, 3.63) is 69.7 Å². The van der Waals surface area contributed by atoms with Crippen LogP contribution >= 0.6 is 0 Å². The monoisotopic (exact) mass is 443 g/mol. The van der Waals surface area contributed by atoms with Gasteiger partial charge >= 0.3 is 5.97 Å². The molecular weight excluding hydrogens is 418 g/mol. The lowest BCUT2D eigenvalue weighted by Gasteiger charge is -2.38. The van der Waals surface area contributed by atoms with Gasteiger partial charge in [-0.15, -0.1) is 4.80 Å². The summed E-state index contributed by atoms with van der Waals surface area (Å²) in [5, 5.41) is 21.8. The smallest absolute Gasteiger partial charge is 0.338 e. The third kappa shape index (κ3) is 3.99. The van der Waals surface area contributed by atoms with Crippen molar-refractivity contribution in [2.24, 2.45) is 0 Å². The van der Waals surface area contributed by atoms with Gasteiger partial charge in [0.05, 0.1) is 23.0 Å². The summed E-state index contributed by atoms with van der Waals surface area (Å²) in [5.41, 5.74) is 6.25. The number of hydrogen-bond acceptors (Lipinski definition) is 8. The number of aromatic nitrogens is 4. The molecule has 0 unspecified atom stereocenters. The topological polar surface area (TPSA) is 109 Å². The van der Waals surface area contributed by atoms with Crippen LogP contribution in [0.25, 0.3) is 5.82 Å². The maximum Gasteiger partial charge on any atom is 0.338 e. The van der Waals surface area contributed by atoms with E-state index >= 15 is 0 Å². The Morgan fingerprint density at radius 1 is 1.27 bits per heavy atom. The van der Waals surface area contributed by atoms with E-state index in [9.17, 15) is 4.79 Å². The van der Waals surface area contributed by atoms with E-state index in [1.165, 1.54) is 10.4 Å². The number of rotatable bonds is 4. The highest BCUT2D eigenvalue weighted by molar-refractivity contribution is 5.94. The van der Waals surface area contributed by atoms with E-state index in [2.05, 4.69) is 45.3 Å². The molecule has 4 heterocycles. The van der Waals surface area contributed by atoms with Crippen molar-refractivity contribution in [1.82, 2.24) is 30.2 Å². The van der Waals surface area contributed by atoms with E-state index < -0.39 is 0 Å². The fourth-order valence-corrected chi connectivity index (χ4v) is 4.71. The highest BCUT2D eigenvalue weighted by atomic mass is 16.5. The number of carbonyl (C=O) groups excluding carboxylic acids is 1. The minimum Gasteiger partial charge on any atom is -0.457 e. The molecule has 9 nitrogen and oxygen atoms in total. The van der Waals surface area contributed by atoms with Crippen LogP contribution in [0.4, 0.5) is 0 Å². The van der Waals surface area contributed by atoms with Crippen LogP contribution in [0, 0.1) is 25.2 Å². The summed E-state index contributed by atoms with van der Waals surface area (Å²) < 4.78 is 5.22. The van der Waals surface area contributed by atoms with E-state index in [0.717, 1.165) is 35.5 Å². The van der Waals surface area contributed by atoms with Gasteiger partial charge in [0.15, 0.2) is 5.82 Å². The van der Waals surface area contributed by atoms with Crippen LogP contribution in [0.2, 0.25) is 0 Å². The lowest BCUT2D eigenvalue weighted by atomic mass is 9.92. The molecule has 2 atom stereocenters. The Morgan fingerprint density at radius 2 is 2.12 bits per heavy atom. The number of aryl methyl sites for hydroxylation is 1. The zero-order valence-electron chi connectivity index (χ0n) is 18.9. The predicted octanol–water partition coefficient (Wildman–Crippen LogP) is 2.36. The molecule has 1 N–H and O–H groups in total. The summed E-state index contributed by atoms with van der Waals surface area (Å²) in [6.45, 7) is 8.85.